The van der Waals surface area contributed by atoms with E-state index in [9.17, 15) is 0 Å². The maximum absolute atomic E-state index is 3.95. The molecule has 2 aromatic carbocycles. The Bertz CT molecular complexity index is 767. The lowest BCUT2D eigenvalue weighted by molar-refractivity contribution is 0.660. The number of hydrogen-bond acceptors (Lipinski definition) is 2. The SMILES string of the molecule is CN=C/C=C\Nc1cc2c(cc1C)-c1ccccc1C2(C)C. The van der Waals surface area contributed by atoms with E-state index in [1.54, 1.807) is 13.3 Å². The molecule has 0 aliphatic heterocycles. The van der Waals surface area contributed by atoms with E-state index in [4.69, 9.17) is 0 Å². The van der Waals surface area contributed by atoms with Crippen LogP contribution in [0.1, 0.15) is 30.5 Å². The maximum atomic E-state index is 3.95. The van der Waals surface area contributed by atoms with Crippen molar-refractivity contribution in [3.05, 3.63) is 65.4 Å². The third-order valence-electron chi connectivity index (χ3n) is 4.50. The third kappa shape index (κ3) is 2.25. The summed E-state index contributed by atoms with van der Waals surface area (Å²) in [6.45, 7) is 6.75. The van der Waals surface area contributed by atoms with Gasteiger partial charge < -0.3 is 5.32 Å². The number of hydrogen-bond donors (Lipinski definition) is 1. The second-order valence-corrected chi connectivity index (χ2v) is 6.29. The average Bonchev–Trinajstić information content (AvgIpc) is 2.72. The first-order chi connectivity index (χ1) is 10.6. The van der Waals surface area contributed by atoms with Crippen LogP contribution < -0.4 is 5.32 Å². The first kappa shape index (κ1) is 14.6. The highest BCUT2D eigenvalue weighted by Crippen LogP contribution is 2.49. The Kier molecular flexibility index (Phi) is 3.61. The molecule has 0 unspecified atom stereocenters. The van der Waals surface area contributed by atoms with Crippen LogP contribution in [0.3, 0.4) is 0 Å². The molecule has 0 fully saturated rings. The van der Waals surface area contributed by atoms with E-state index < -0.39 is 0 Å². The minimum absolute atomic E-state index is 0.0463. The molecule has 0 saturated heterocycles. The van der Waals surface area contributed by atoms with E-state index >= 15 is 0 Å². The van der Waals surface area contributed by atoms with E-state index in [0.717, 1.165) is 5.69 Å². The summed E-state index contributed by atoms with van der Waals surface area (Å²) in [5.74, 6) is 0. The van der Waals surface area contributed by atoms with Crippen LogP contribution in [0.4, 0.5) is 5.69 Å². The summed E-state index contributed by atoms with van der Waals surface area (Å²) >= 11 is 0. The standard InChI is InChI=1S/C20H22N2/c1-14-12-16-15-8-5-6-9-17(15)20(2,3)18(16)13-19(14)22-11-7-10-21-4/h5-13,22H,1-4H3/b11-7-,21-10?. The highest BCUT2D eigenvalue weighted by molar-refractivity contribution is 5.83. The molecular weight excluding hydrogens is 268 g/mol. The van der Waals surface area contributed by atoms with Gasteiger partial charge in [0, 0.05) is 30.6 Å². The zero-order valence-electron chi connectivity index (χ0n) is 13.6. The second kappa shape index (κ2) is 5.45. The zero-order valence-corrected chi connectivity index (χ0v) is 13.6. The number of benzene rings is 2. The van der Waals surface area contributed by atoms with Crippen LogP contribution in [-0.2, 0) is 5.41 Å². The van der Waals surface area contributed by atoms with Gasteiger partial charge in [-0.25, -0.2) is 0 Å². The minimum atomic E-state index is 0.0463. The lowest BCUT2D eigenvalue weighted by Gasteiger charge is -2.22. The fourth-order valence-electron chi connectivity index (χ4n) is 3.28. The largest absolute Gasteiger partial charge is 0.361 e. The molecule has 0 spiro atoms. The van der Waals surface area contributed by atoms with E-state index in [2.05, 4.69) is 67.5 Å². The Hall–Kier alpha value is -2.35. The van der Waals surface area contributed by atoms with Gasteiger partial charge in [-0.05, 0) is 52.9 Å². The molecule has 22 heavy (non-hydrogen) atoms. The minimum Gasteiger partial charge on any atom is -0.361 e. The number of anilines is 1. The molecule has 0 radical (unpaired) electrons. The van der Waals surface area contributed by atoms with Gasteiger partial charge >= 0.3 is 0 Å². The number of allylic oxidation sites excluding steroid dienone is 1. The van der Waals surface area contributed by atoms with Crippen molar-refractivity contribution in [3.63, 3.8) is 0 Å². The molecule has 2 nitrogen and oxygen atoms in total. The summed E-state index contributed by atoms with van der Waals surface area (Å²) in [4.78, 5) is 3.95. The highest BCUT2D eigenvalue weighted by Gasteiger charge is 2.35. The van der Waals surface area contributed by atoms with Crippen molar-refractivity contribution in [1.82, 2.24) is 0 Å². The molecule has 2 heteroatoms. The smallest absolute Gasteiger partial charge is 0.0412 e. The Morgan fingerprint density at radius 3 is 2.59 bits per heavy atom. The molecule has 0 amide bonds. The molecule has 1 aliphatic rings. The van der Waals surface area contributed by atoms with Crippen LogP contribution in [0, 0.1) is 6.92 Å². The summed E-state index contributed by atoms with van der Waals surface area (Å²) in [5, 5.41) is 3.37. The van der Waals surface area contributed by atoms with Gasteiger partial charge in [-0.1, -0.05) is 38.1 Å². The van der Waals surface area contributed by atoms with Gasteiger partial charge in [0.1, 0.15) is 0 Å². The van der Waals surface area contributed by atoms with Gasteiger partial charge in [-0.15, -0.1) is 0 Å². The Balaban J connectivity index is 2.07. The van der Waals surface area contributed by atoms with E-state index in [0.29, 0.717) is 0 Å². The van der Waals surface area contributed by atoms with Crippen molar-refractivity contribution in [1.29, 1.82) is 0 Å². The molecule has 1 N–H and O–H groups in total. The predicted molar refractivity (Wildman–Crippen MR) is 95.9 cm³/mol. The number of aliphatic imine (C=N–C) groups is 1. The lowest BCUT2D eigenvalue weighted by Crippen LogP contribution is -2.15. The zero-order chi connectivity index (χ0) is 15.7. The third-order valence-corrected chi connectivity index (χ3v) is 4.50. The van der Waals surface area contributed by atoms with Crippen LogP contribution in [0.25, 0.3) is 11.1 Å². The van der Waals surface area contributed by atoms with Crippen LogP contribution >= 0.6 is 0 Å². The molecule has 1 aliphatic carbocycles. The summed E-state index contributed by atoms with van der Waals surface area (Å²) in [5.41, 5.74) is 7.98. The van der Waals surface area contributed by atoms with E-state index in [1.807, 2.05) is 12.3 Å². The van der Waals surface area contributed by atoms with Gasteiger partial charge in [0.15, 0.2) is 0 Å². The van der Waals surface area contributed by atoms with Gasteiger partial charge in [0.25, 0.3) is 0 Å². The molecule has 0 heterocycles. The molecule has 2 aromatic rings. The summed E-state index contributed by atoms with van der Waals surface area (Å²) < 4.78 is 0. The first-order valence-corrected chi connectivity index (χ1v) is 7.64. The molecule has 0 saturated carbocycles. The second-order valence-electron chi connectivity index (χ2n) is 6.29. The molecule has 0 aromatic heterocycles. The van der Waals surface area contributed by atoms with Crippen molar-refractivity contribution in [2.45, 2.75) is 26.2 Å². The molecular formula is C20H22N2. The summed E-state index contributed by atoms with van der Waals surface area (Å²) in [7, 11) is 1.77. The number of nitrogens with one attached hydrogen (secondary N) is 1. The number of rotatable bonds is 3. The van der Waals surface area contributed by atoms with Crippen LogP contribution in [-0.4, -0.2) is 13.3 Å². The topological polar surface area (TPSA) is 24.4 Å². The van der Waals surface area contributed by atoms with Crippen molar-refractivity contribution >= 4 is 11.9 Å². The van der Waals surface area contributed by atoms with Gasteiger partial charge in [-0.3, -0.25) is 4.99 Å². The lowest BCUT2D eigenvalue weighted by atomic mass is 9.82. The monoisotopic (exact) mass is 290 g/mol. The predicted octanol–water partition coefficient (Wildman–Crippen LogP) is 4.93. The van der Waals surface area contributed by atoms with Crippen LogP contribution in [0.2, 0.25) is 0 Å². The fourth-order valence-corrected chi connectivity index (χ4v) is 3.28. The number of aryl methyl sites for hydroxylation is 1. The number of nitrogens with zero attached hydrogens (tertiary/aromatic N) is 1. The highest BCUT2D eigenvalue weighted by atomic mass is 14.8. The first-order valence-electron chi connectivity index (χ1n) is 7.64. The Morgan fingerprint density at radius 1 is 1.05 bits per heavy atom. The quantitative estimate of drug-likeness (QED) is 0.797. The fraction of sp³-hybridized carbons (Fsp3) is 0.250. The molecule has 0 atom stereocenters. The summed E-state index contributed by atoms with van der Waals surface area (Å²) in [6.07, 6.45) is 5.61. The van der Waals surface area contributed by atoms with Crippen molar-refractivity contribution in [2.75, 3.05) is 12.4 Å². The van der Waals surface area contributed by atoms with Crippen LogP contribution in [0.15, 0.2) is 53.7 Å². The molecule has 112 valence electrons. The van der Waals surface area contributed by atoms with Gasteiger partial charge in [0.05, 0.1) is 0 Å². The summed E-state index contributed by atoms with van der Waals surface area (Å²) in [6, 6.07) is 13.3. The van der Waals surface area contributed by atoms with Crippen LogP contribution in [0.5, 0.6) is 0 Å². The van der Waals surface area contributed by atoms with Gasteiger partial charge in [-0.2, -0.15) is 0 Å². The van der Waals surface area contributed by atoms with Crippen molar-refractivity contribution in [2.24, 2.45) is 4.99 Å². The van der Waals surface area contributed by atoms with Crippen molar-refractivity contribution in [3.8, 4) is 11.1 Å². The van der Waals surface area contributed by atoms with E-state index in [1.165, 1.54) is 27.8 Å². The van der Waals surface area contributed by atoms with E-state index in [-0.39, 0.29) is 5.41 Å². The molecule has 3 rings (SSSR count). The van der Waals surface area contributed by atoms with Crippen molar-refractivity contribution < 1.29 is 0 Å². The molecule has 0 bridgehead atoms. The Morgan fingerprint density at radius 2 is 1.82 bits per heavy atom. The van der Waals surface area contributed by atoms with Gasteiger partial charge in [0.2, 0.25) is 0 Å². The maximum Gasteiger partial charge on any atom is 0.0412 e. The Labute approximate surface area is 132 Å². The number of fused-ring (bicyclic) bond motifs is 3. The average molecular weight is 290 g/mol. The normalized spacial score (nSPS) is 15.3.